The molecule has 112 valence electrons. The van der Waals surface area contributed by atoms with E-state index in [1.54, 1.807) is 11.8 Å². The second-order valence-corrected chi connectivity index (χ2v) is 7.92. The van der Waals surface area contributed by atoms with Crippen LogP contribution in [0.1, 0.15) is 20.8 Å². The summed E-state index contributed by atoms with van der Waals surface area (Å²) < 4.78 is 1.63. The van der Waals surface area contributed by atoms with Gasteiger partial charge in [-0.15, -0.1) is 10.2 Å². The number of nitrogens with one attached hydrogen (secondary N) is 2. The summed E-state index contributed by atoms with van der Waals surface area (Å²) >= 11 is 4.35. The van der Waals surface area contributed by atoms with E-state index in [0.29, 0.717) is 12.5 Å². The van der Waals surface area contributed by atoms with Gasteiger partial charge in [0.1, 0.15) is 0 Å². The highest BCUT2D eigenvalue weighted by molar-refractivity contribution is 8.03. The number of carbonyl (C=O) groups excluding carboxylic acids is 2. The van der Waals surface area contributed by atoms with Gasteiger partial charge in [-0.1, -0.05) is 55.6 Å². The van der Waals surface area contributed by atoms with Gasteiger partial charge in [0.25, 0.3) is 0 Å². The van der Waals surface area contributed by atoms with E-state index in [1.807, 2.05) is 20.8 Å². The maximum absolute atomic E-state index is 11.6. The highest BCUT2D eigenvalue weighted by Crippen LogP contribution is 2.28. The zero-order valence-electron chi connectivity index (χ0n) is 11.6. The Morgan fingerprint density at radius 2 is 1.90 bits per heavy atom. The molecule has 0 atom stereocenters. The van der Waals surface area contributed by atoms with E-state index in [1.165, 1.54) is 23.1 Å². The van der Waals surface area contributed by atoms with Gasteiger partial charge in [0.2, 0.25) is 5.91 Å². The van der Waals surface area contributed by atoms with Gasteiger partial charge in [0, 0.05) is 6.54 Å². The van der Waals surface area contributed by atoms with Crippen molar-refractivity contribution in [2.24, 2.45) is 5.92 Å². The minimum atomic E-state index is -0.455. The molecule has 20 heavy (non-hydrogen) atoms. The van der Waals surface area contributed by atoms with E-state index in [0.717, 1.165) is 14.4 Å². The Bertz CT molecular complexity index is 451. The van der Waals surface area contributed by atoms with Crippen molar-refractivity contribution in [1.82, 2.24) is 20.8 Å². The zero-order chi connectivity index (χ0) is 15.0. The summed E-state index contributed by atoms with van der Waals surface area (Å²) in [5.41, 5.74) is 0. The van der Waals surface area contributed by atoms with Crippen LogP contribution < -0.4 is 10.6 Å². The minimum absolute atomic E-state index is 0.153. The quantitative estimate of drug-likeness (QED) is 0.744. The van der Waals surface area contributed by atoms with Crippen LogP contribution >= 0.6 is 34.9 Å². The van der Waals surface area contributed by atoms with Crippen LogP contribution in [-0.2, 0) is 4.79 Å². The summed E-state index contributed by atoms with van der Waals surface area (Å²) in [6.45, 7) is 6.56. The van der Waals surface area contributed by atoms with Crippen molar-refractivity contribution < 1.29 is 9.59 Å². The van der Waals surface area contributed by atoms with Crippen molar-refractivity contribution >= 4 is 46.8 Å². The molecule has 0 aliphatic heterocycles. The number of hydrogen-bond donors (Lipinski definition) is 2. The topological polar surface area (TPSA) is 84.0 Å². The van der Waals surface area contributed by atoms with Gasteiger partial charge in [-0.3, -0.25) is 10.1 Å². The van der Waals surface area contributed by atoms with Crippen LogP contribution in [0.15, 0.2) is 8.68 Å². The standard InChI is InChI=1S/C11H18N4O2S3/c1-4-18-10-14-15-11(20-10)19-6-8(16)13-9(17)12-5-7(2)3/h7H,4-6H2,1-3H3,(H2,12,13,16,17). The van der Waals surface area contributed by atoms with Gasteiger partial charge in [0.15, 0.2) is 8.68 Å². The number of aromatic nitrogens is 2. The summed E-state index contributed by atoms with van der Waals surface area (Å²) in [6.07, 6.45) is 0. The molecule has 0 saturated heterocycles. The molecule has 0 aliphatic rings. The molecular formula is C11H18N4O2S3. The normalized spacial score (nSPS) is 10.6. The molecule has 1 heterocycles. The Morgan fingerprint density at radius 3 is 2.50 bits per heavy atom. The fourth-order valence-corrected chi connectivity index (χ4v) is 3.79. The maximum atomic E-state index is 11.6. The van der Waals surface area contributed by atoms with Crippen LogP contribution in [0.4, 0.5) is 4.79 Å². The molecule has 0 fully saturated rings. The summed E-state index contributed by atoms with van der Waals surface area (Å²) in [6, 6.07) is -0.455. The van der Waals surface area contributed by atoms with Crippen molar-refractivity contribution in [3.8, 4) is 0 Å². The molecule has 1 aromatic heterocycles. The number of thioether (sulfide) groups is 2. The summed E-state index contributed by atoms with van der Waals surface area (Å²) in [7, 11) is 0. The number of rotatable bonds is 7. The number of amides is 3. The molecule has 0 bridgehead atoms. The number of imide groups is 1. The minimum Gasteiger partial charge on any atom is -0.338 e. The van der Waals surface area contributed by atoms with E-state index in [4.69, 9.17) is 0 Å². The fourth-order valence-electron chi connectivity index (χ4n) is 1.07. The van der Waals surface area contributed by atoms with E-state index in [2.05, 4.69) is 20.8 Å². The summed E-state index contributed by atoms with van der Waals surface area (Å²) in [5, 5.41) is 12.9. The lowest BCUT2D eigenvalue weighted by molar-refractivity contribution is -0.117. The van der Waals surface area contributed by atoms with E-state index >= 15 is 0 Å². The number of hydrogen-bond acceptors (Lipinski definition) is 7. The van der Waals surface area contributed by atoms with E-state index < -0.39 is 6.03 Å². The predicted molar refractivity (Wildman–Crippen MR) is 83.4 cm³/mol. The second-order valence-electron chi connectivity index (χ2n) is 4.21. The van der Waals surface area contributed by atoms with Crippen molar-refractivity contribution in [2.45, 2.75) is 29.5 Å². The van der Waals surface area contributed by atoms with Crippen LogP contribution in [0.2, 0.25) is 0 Å². The molecule has 0 aromatic carbocycles. The molecular weight excluding hydrogens is 316 g/mol. The fraction of sp³-hybridized carbons (Fsp3) is 0.636. The van der Waals surface area contributed by atoms with Crippen LogP contribution in [0.25, 0.3) is 0 Å². The molecule has 0 unspecified atom stereocenters. The average molecular weight is 334 g/mol. The monoisotopic (exact) mass is 334 g/mol. The van der Waals surface area contributed by atoms with Gasteiger partial charge in [-0.05, 0) is 11.7 Å². The summed E-state index contributed by atoms with van der Waals surface area (Å²) in [4.78, 5) is 22.9. The Balaban J connectivity index is 2.26. The first-order valence-corrected chi connectivity index (χ1v) is 8.96. The highest BCUT2D eigenvalue weighted by Gasteiger charge is 2.11. The lowest BCUT2D eigenvalue weighted by Gasteiger charge is -2.07. The third kappa shape index (κ3) is 7.11. The number of nitrogens with zero attached hydrogens (tertiary/aromatic N) is 2. The highest BCUT2D eigenvalue weighted by atomic mass is 32.2. The third-order valence-corrected chi connectivity index (χ3v) is 4.98. The molecule has 2 N–H and O–H groups in total. The van der Waals surface area contributed by atoms with Gasteiger partial charge >= 0.3 is 6.03 Å². The Kier molecular flexibility index (Phi) is 7.93. The van der Waals surface area contributed by atoms with Gasteiger partial charge in [-0.2, -0.15) is 0 Å². The molecule has 3 amide bonds. The van der Waals surface area contributed by atoms with Crippen molar-refractivity contribution in [1.29, 1.82) is 0 Å². The van der Waals surface area contributed by atoms with Gasteiger partial charge < -0.3 is 5.32 Å². The van der Waals surface area contributed by atoms with Gasteiger partial charge in [0.05, 0.1) is 5.75 Å². The number of carbonyl (C=O) groups is 2. The smallest absolute Gasteiger partial charge is 0.321 e. The lowest BCUT2D eigenvalue weighted by atomic mass is 10.2. The van der Waals surface area contributed by atoms with E-state index in [9.17, 15) is 9.59 Å². The van der Waals surface area contributed by atoms with Crippen molar-refractivity contribution in [2.75, 3.05) is 18.1 Å². The van der Waals surface area contributed by atoms with E-state index in [-0.39, 0.29) is 11.7 Å². The van der Waals surface area contributed by atoms with Crippen LogP contribution in [0.5, 0.6) is 0 Å². The molecule has 1 aromatic rings. The molecule has 6 nitrogen and oxygen atoms in total. The molecule has 0 saturated carbocycles. The van der Waals surface area contributed by atoms with Gasteiger partial charge in [-0.25, -0.2) is 4.79 Å². The third-order valence-electron chi connectivity index (χ3n) is 1.91. The Labute approximate surface area is 130 Å². The second kappa shape index (κ2) is 9.19. The van der Waals surface area contributed by atoms with Crippen molar-refractivity contribution in [3.05, 3.63) is 0 Å². The van der Waals surface area contributed by atoms with Crippen LogP contribution in [0.3, 0.4) is 0 Å². The van der Waals surface area contributed by atoms with Crippen LogP contribution in [-0.4, -0.2) is 40.2 Å². The molecule has 0 radical (unpaired) electrons. The number of urea groups is 1. The first-order chi connectivity index (χ1) is 9.51. The largest absolute Gasteiger partial charge is 0.338 e. The summed E-state index contributed by atoms with van der Waals surface area (Å²) in [5.74, 6) is 1.10. The molecule has 1 rings (SSSR count). The molecule has 0 aliphatic carbocycles. The SMILES string of the molecule is CCSc1nnc(SCC(=O)NC(=O)NCC(C)C)s1. The first kappa shape index (κ1) is 17.3. The molecule has 0 spiro atoms. The first-order valence-electron chi connectivity index (χ1n) is 6.18. The van der Waals surface area contributed by atoms with Crippen LogP contribution in [0, 0.1) is 5.92 Å². The Morgan fingerprint density at radius 1 is 1.25 bits per heavy atom. The lowest BCUT2D eigenvalue weighted by Crippen LogP contribution is -2.41. The maximum Gasteiger partial charge on any atom is 0.321 e. The molecule has 9 heteroatoms. The zero-order valence-corrected chi connectivity index (χ0v) is 14.1. The Hall–Kier alpha value is -0.800. The average Bonchev–Trinajstić information content (AvgIpc) is 2.82. The van der Waals surface area contributed by atoms with Crippen molar-refractivity contribution in [3.63, 3.8) is 0 Å². The predicted octanol–water partition coefficient (Wildman–Crippen LogP) is 2.22.